The van der Waals surface area contributed by atoms with Crippen LogP contribution in [0.3, 0.4) is 0 Å². The molecule has 0 aromatic carbocycles. The Hall–Kier alpha value is -1.20. The molecule has 5 heteroatoms. The van der Waals surface area contributed by atoms with Crippen LogP contribution in [0.15, 0.2) is 16.8 Å². The van der Waals surface area contributed by atoms with Crippen molar-refractivity contribution < 1.29 is 9.59 Å². The van der Waals surface area contributed by atoms with Crippen molar-refractivity contribution in [1.82, 2.24) is 10.2 Å². The SMILES string of the molecule is CC(C)N1C(=O)CC(NCCc2ccsc2)C1=O. The molecule has 18 heavy (non-hydrogen) atoms. The molecule has 2 heterocycles. The molecule has 0 aliphatic carbocycles. The van der Waals surface area contributed by atoms with E-state index < -0.39 is 0 Å². The summed E-state index contributed by atoms with van der Waals surface area (Å²) in [5, 5.41) is 7.32. The fourth-order valence-electron chi connectivity index (χ4n) is 2.18. The Bertz CT molecular complexity index is 428. The van der Waals surface area contributed by atoms with Crippen LogP contribution in [0.1, 0.15) is 25.8 Å². The van der Waals surface area contributed by atoms with Gasteiger partial charge in [-0.2, -0.15) is 11.3 Å². The Morgan fingerprint density at radius 1 is 1.50 bits per heavy atom. The minimum absolute atomic E-state index is 0.0475. The third-order valence-electron chi connectivity index (χ3n) is 3.08. The molecule has 1 aromatic rings. The van der Waals surface area contributed by atoms with Crippen LogP contribution in [0, 0.1) is 0 Å². The number of carbonyl (C=O) groups excluding carboxylic acids is 2. The predicted octanol–water partition coefficient (Wildman–Crippen LogP) is 1.42. The summed E-state index contributed by atoms with van der Waals surface area (Å²) in [5.41, 5.74) is 1.27. The number of hydrogen-bond acceptors (Lipinski definition) is 4. The van der Waals surface area contributed by atoms with Crippen molar-refractivity contribution >= 4 is 23.2 Å². The van der Waals surface area contributed by atoms with Gasteiger partial charge in [0.15, 0.2) is 0 Å². The average molecular weight is 266 g/mol. The van der Waals surface area contributed by atoms with Crippen molar-refractivity contribution in [3.63, 3.8) is 0 Å². The highest BCUT2D eigenvalue weighted by molar-refractivity contribution is 7.07. The molecule has 4 nitrogen and oxygen atoms in total. The maximum atomic E-state index is 12.0. The Labute approximate surface area is 111 Å². The second-order valence-electron chi connectivity index (χ2n) is 4.79. The summed E-state index contributed by atoms with van der Waals surface area (Å²) in [6.45, 7) is 4.46. The largest absolute Gasteiger partial charge is 0.305 e. The summed E-state index contributed by atoms with van der Waals surface area (Å²) >= 11 is 1.67. The smallest absolute Gasteiger partial charge is 0.247 e. The molecule has 0 spiro atoms. The predicted molar refractivity (Wildman–Crippen MR) is 71.4 cm³/mol. The Kier molecular flexibility index (Phi) is 4.14. The van der Waals surface area contributed by atoms with Crippen LogP contribution in [0.2, 0.25) is 0 Å². The topological polar surface area (TPSA) is 49.4 Å². The van der Waals surface area contributed by atoms with Gasteiger partial charge in [-0.25, -0.2) is 0 Å². The number of rotatable bonds is 5. The number of thiophene rings is 1. The Balaban J connectivity index is 1.84. The molecule has 1 aliphatic rings. The van der Waals surface area contributed by atoms with Crippen LogP contribution in [0.4, 0.5) is 0 Å². The van der Waals surface area contributed by atoms with Gasteiger partial charge < -0.3 is 5.32 Å². The molecule has 98 valence electrons. The summed E-state index contributed by atoms with van der Waals surface area (Å²) in [6.07, 6.45) is 1.18. The van der Waals surface area contributed by atoms with E-state index >= 15 is 0 Å². The summed E-state index contributed by atoms with van der Waals surface area (Å²) < 4.78 is 0. The van der Waals surface area contributed by atoms with E-state index in [1.807, 2.05) is 19.2 Å². The maximum Gasteiger partial charge on any atom is 0.247 e. The fraction of sp³-hybridized carbons (Fsp3) is 0.538. The van der Waals surface area contributed by atoms with Crippen LogP contribution in [0.25, 0.3) is 0 Å². The zero-order valence-electron chi connectivity index (χ0n) is 10.7. The van der Waals surface area contributed by atoms with Crippen molar-refractivity contribution in [2.45, 2.75) is 38.8 Å². The van der Waals surface area contributed by atoms with E-state index in [1.54, 1.807) is 11.3 Å². The number of likely N-dealkylation sites (tertiary alicyclic amines) is 1. The first-order valence-electron chi connectivity index (χ1n) is 6.20. The van der Waals surface area contributed by atoms with Gasteiger partial charge in [0.1, 0.15) is 0 Å². The molecule has 1 atom stereocenters. The van der Waals surface area contributed by atoms with E-state index in [0.717, 1.165) is 13.0 Å². The van der Waals surface area contributed by atoms with E-state index in [1.165, 1.54) is 10.5 Å². The number of carbonyl (C=O) groups is 2. The number of amides is 2. The second kappa shape index (κ2) is 5.63. The van der Waals surface area contributed by atoms with E-state index in [4.69, 9.17) is 0 Å². The summed E-state index contributed by atoms with van der Waals surface area (Å²) in [7, 11) is 0. The number of imide groups is 1. The van der Waals surface area contributed by atoms with Gasteiger partial charge in [-0.05, 0) is 49.2 Å². The number of nitrogens with one attached hydrogen (secondary N) is 1. The minimum Gasteiger partial charge on any atom is -0.305 e. The first-order chi connectivity index (χ1) is 8.59. The molecule has 1 N–H and O–H groups in total. The van der Waals surface area contributed by atoms with Crippen LogP contribution >= 0.6 is 11.3 Å². The zero-order chi connectivity index (χ0) is 13.1. The molecule has 2 amide bonds. The lowest BCUT2D eigenvalue weighted by atomic mass is 10.2. The lowest BCUT2D eigenvalue weighted by Gasteiger charge is -2.19. The highest BCUT2D eigenvalue weighted by atomic mass is 32.1. The molecular weight excluding hydrogens is 248 g/mol. The third-order valence-corrected chi connectivity index (χ3v) is 3.82. The van der Waals surface area contributed by atoms with Crippen molar-refractivity contribution in [1.29, 1.82) is 0 Å². The van der Waals surface area contributed by atoms with E-state index in [-0.39, 0.29) is 23.9 Å². The quantitative estimate of drug-likeness (QED) is 0.820. The van der Waals surface area contributed by atoms with Gasteiger partial charge >= 0.3 is 0 Å². The Morgan fingerprint density at radius 2 is 2.28 bits per heavy atom. The molecule has 1 aromatic heterocycles. The van der Waals surface area contributed by atoms with Gasteiger partial charge in [-0.3, -0.25) is 14.5 Å². The Morgan fingerprint density at radius 3 is 2.83 bits per heavy atom. The van der Waals surface area contributed by atoms with Crippen molar-refractivity contribution in [2.75, 3.05) is 6.54 Å². The van der Waals surface area contributed by atoms with Gasteiger partial charge in [0.2, 0.25) is 11.8 Å². The number of nitrogens with zero attached hydrogens (tertiary/aromatic N) is 1. The molecule has 2 rings (SSSR count). The molecule has 0 saturated carbocycles. The summed E-state index contributed by atoms with van der Waals surface area (Å²) in [4.78, 5) is 25.1. The third kappa shape index (κ3) is 2.79. The molecule has 1 saturated heterocycles. The fourth-order valence-corrected chi connectivity index (χ4v) is 2.88. The normalized spacial score (nSPS) is 20.2. The minimum atomic E-state index is -0.335. The average Bonchev–Trinajstić information content (AvgIpc) is 2.88. The highest BCUT2D eigenvalue weighted by Gasteiger charge is 2.39. The van der Waals surface area contributed by atoms with Crippen molar-refractivity contribution in [3.05, 3.63) is 22.4 Å². The number of hydrogen-bond donors (Lipinski definition) is 1. The maximum absolute atomic E-state index is 12.0. The van der Waals surface area contributed by atoms with Crippen molar-refractivity contribution in [2.24, 2.45) is 0 Å². The van der Waals surface area contributed by atoms with Gasteiger partial charge in [0.25, 0.3) is 0 Å². The van der Waals surface area contributed by atoms with Crippen molar-refractivity contribution in [3.8, 4) is 0 Å². The lowest BCUT2D eigenvalue weighted by molar-refractivity contribution is -0.140. The van der Waals surface area contributed by atoms with E-state index in [0.29, 0.717) is 6.42 Å². The van der Waals surface area contributed by atoms with Crippen LogP contribution in [-0.2, 0) is 16.0 Å². The summed E-state index contributed by atoms with van der Waals surface area (Å²) in [6, 6.07) is 1.70. The first-order valence-corrected chi connectivity index (χ1v) is 7.14. The molecule has 1 fully saturated rings. The zero-order valence-corrected chi connectivity index (χ0v) is 11.5. The van der Waals surface area contributed by atoms with Gasteiger partial charge in [-0.1, -0.05) is 0 Å². The van der Waals surface area contributed by atoms with Gasteiger partial charge in [-0.15, -0.1) is 0 Å². The standard InChI is InChI=1S/C13H18N2O2S/c1-9(2)15-12(16)7-11(13(15)17)14-5-3-10-4-6-18-8-10/h4,6,8-9,11,14H,3,5,7H2,1-2H3. The van der Waals surface area contributed by atoms with Gasteiger partial charge in [0, 0.05) is 6.04 Å². The molecule has 0 bridgehead atoms. The molecular formula is C13H18N2O2S. The van der Waals surface area contributed by atoms with Crippen LogP contribution in [-0.4, -0.2) is 35.3 Å². The van der Waals surface area contributed by atoms with E-state index in [2.05, 4.69) is 16.8 Å². The first kappa shape index (κ1) is 13.2. The summed E-state index contributed by atoms with van der Waals surface area (Å²) in [5.74, 6) is -0.150. The van der Waals surface area contributed by atoms with E-state index in [9.17, 15) is 9.59 Å². The molecule has 1 unspecified atom stereocenters. The van der Waals surface area contributed by atoms with Crippen LogP contribution in [0.5, 0.6) is 0 Å². The monoisotopic (exact) mass is 266 g/mol. The van der Waals surface area contributed by atoms with Crippen LogP contribution < -0.4 is 5.32 Å². The molecule has 1 aliphatic heterocycles. The molecule has 0 radical (unpaired) electrons. The highest BCUT2D eigenvalue weighted by Crippen LogP contribution is 2.16. The second-order valence-corrected chi connectivity index (χ2v) is 5.57. The van der Waals surface area contributed by atoms with Gasteiger partial charge in [0.05, 0.1) is 12.5 Å². The lowest BCUT2D eigenvalue weighted by Crippen LogP contribution is -2.42.